The number of aromatic nitrogens is 4. The van der Waals surface area contributed by atoms with Crippen LogP contribution in [0.4, 0.5) is 5.82 Å². The van der Waals surface area contributed by atoms with E-state index in [1.54, 1.807) is 11.1 Å². The molecule has 2 aromatic heterocycles. The zero-order chi connectivity index (χ0) is 13.9. The summed E-state index contributed by atoms with van der Waals surface area (Å²) in [5.41, 5.74) is 0.361. The van der Waals surface area contributed by atoms with Crippen molar-refractivity contribution in [2.24, 2.45) is 0 Å². The second kappa shape index (κ2) is 5.58. The van der Waals surface area contributed by atoms with Gasteiger partial charge in [0.2, 0.25) is 0 Å². The third-order valence-corrected chi connectivity index (χ3v) is 3.71. The summed E-state index contributed by atoms with van der Waals surface area (Å²) in [5, 5.41) is 9.94. The van der Waals surface area contributed by atoms with Crippen LogP contribution in [-0.2, 0) is 0 Å². The first-order chi connectivity index (χ1) is 9.74. The van der Waals surface area contributed by atoms with E-state index in [1.165, 1.54) is 6.20 Å². The predicted molar refractivity (Wildman–Crippen MR) is 76.4 cm³/mol. The SMILES string of the molecule is O=C(c1cn[nH]n1)N1CCN(c2ccc(Br)cn2)CC1. The topological polar surface area (TPSA) is 78.0 Å². The van der Waals surface area contributed by atoms with Crippen molar-refractivity contribution in [3.05, 3.63) is 34.7 Å². The predicted octanol–water partition coefficient (Wildman–Crippen LogP) is 0.925. The van der Waals surface area contributed by atoms with E-state index in [0.717, 1.165) is 23.4 Å². The molecule has 3 heterocycles. The molecule has 104 valence electrons. The number of carbonyl (C=O) groups excluding carboxylic acids is 1. The zero-order valence-electron chi connectivity index (χ0n) is 10.7. The Morgan fingerprint density at radius 2 is 2.00 bits per heavy atom. The molecule has 1 aliphatic rings. The second-order valence-electron chi connectivity index (χ2n) is 4.47. The van der Waals surface area contributed by atoms with E-state index in [2.05, 4.69) is 41.2 Å². The van der Waals surface area contributed by atoms with E-state index < -0.39 is 0 Å². The lowest BCUT2D eigenvalue weighted by atomic mass is 10.2. The fourth-order valence-electron chi connectivity index (χ4n) is 2.16. The molecule has 0 spiro atoms. The van der Waals surface area contributed by atoms with Gasteiger partial charge >= 0.3 is 0 Å². The van der Waals surface area contributed by atoms with E-state index in [1.807, 2.05) is 12.1 Å². The molecule has 0 radical (unpaired) electrons. The maximum Gasteiger partial charge on any atom is 0.276 e. The van der Waals surface area contributed by atoms with Gasteiger partial charge < -0.3 is 9.80 Å². The van der Waals surface area contributed by atoms with Crippen LogP contribution in [-0.4, -0.2) is 57.4 Å². The highest BCUT2D eigenvalue weighted by Gasteiger charge is 2.24. The van der Waals surface area contributed by atoms with Crippen LogP contribution in [0.3, 0.4) is 0 Å². The second-order valence-corrected chi connectivity index (χ2v) is 5.38. The number of rotatable bonds is 2. The van der Waals surface area contributed by atoms with E-state index in [-0.39, 0.29) is 5.91 Å². The van der Waals surface area contributed by atoms with Crippen molar-refractivity contribution < 1.29 is 4.79 Å². The highest BCUT2D eigenvalue weighted by Crippen LogP contribution is 2.17. The van der Waals surface area contributed by atoms with Gasteiger partial charge in [-0.1, -0.05) is 0 Å². The van der Waals surface area contributed by atoms with Gasteiger partial charge in [0.1, 0.15) is 5.82 Å². The molecule has 2 aromatic rings. The van der Waals surface area contributed by atoms with Crippen LogP contribution in [0.1, 0.15) is 10.5 Å². The van der Waals surface area contributed by atoms with Crippen molar-refractivity contribution in [3.8, 4) is 0 Å². The lowest BCUT2D eigenvalue weighted by molar-refractivity contribution is 0.0740. The molecule has 7 nitrogen and oxygen atoms in total. The molecule has 0 aliphatic carbocycles. The number of halogens is 1. The summed E-state index contributed by atoms with van der Waals surface area (Å²) in [4.78, 5) is 20.4. The number of hydrogen-bond acceptors (Lipinski definition) is 5. The van der Waals surface area contributed by atoms with Crippen molar-refractivity contribution >= 4 is 27.7 Å². The lowest BCUT2D eigenvalue weighted by Crippen LogP contribution is -2.49. The van der Waals surface area contributed by atoms with Crippen LogP contribution in [0.5, 0.6) is 0 Å². The highest BCUT2D eigenvalue weighted by atomic mass is 79.9. The molecule has 1 fully saturated rings. The average Bonchev–Trinajstić information content (AvgIpc) is 3.02. The molecule has 0 unspecified atom stereocenters. The lowest BCUT2D eigenvalue weighted by Gasteiger charge is -2.35. The van der Waals surface area contributed by atoms with Gasteiger partial charge in [-0.3, -0.25) is 4.79 Å². The normalized spacial score (nSPS) is 15.4. The Balaban J connectivity index is 1.62. The molecule has 0 saturated carbocycles. The molecule has 1 aliphatic heterocycles. The third kappa shape index (κ3) is 2.64. The number of anilines is 1. The maximum atomic E-state index is 12.1. The van der Waals surface area contributed by atoms with Gasteiger partial charge in [-0.25, -0.2) is 4.98 Å². The Kier molecular flexibility index (Phi) is 3.64. The molecule has 1 N–H and O–H groups in total. The monoisotopic (exact) mass is 336 g/mol. The van der Waals surface area contributed by atoms with Crippen LogP contribution >= 0.6 is 15.9 Å². The Hall–Kier alpha value is -1.96. The standard InChI is InChI=1S/C12H13BrN6O/c13-9-1-2-11(14-7-9)18-3-5-19(6-4-18)12(20)10-8-15-17-16-10/h1-2,7-8H,3-6H2,(H,15,16,17). The summed E-state index contributed by atoms with van der Waals surface area (Å²) >= 11 is 3.37. The van der Waals surface area contributed by atoms with Crippen LogP contribution in [0, 0.1) is 0 Å². The van der Waals surface area contributed by atoms with Crippen molar-refractivity contribution in [2.75, 3.05) is 31.1 Å². The summed E-state index contributed by atoms with van der Waals surface area (Å²) in [7, 11) is 0. The first-order valence-corrected chi connectivity index (χ1v) is 7.05. The van der Waals surface area contributed by atoms with Crippen LogP contribution in [0.25, 0.3) is 0 Å². The number of hydrogen-bond donors (Lipinski definition) is 1. The molecule has 8 heteroatoms. The summed E-state index contributed by atoms with van der Waals surface area (Å²) in [6, 6.07) is 3.94. The molecular formula is C12H13BrN6O. The summed E-state index contributed by atoms with van der Waals surface area (Å²) in [6.07, 6.45) is 3.23. The Morgan fingerprint density at radius 1 is 1.20 bits per heavy atom. The number of piperazine rings is 1. The van der Waals surface area contributed by atoms with Crippen molar-refractivity contribution in [2.45, 2.75) is 0 Å². The Bertz CT molecular complexity index is 577. The molecule has 0 aromatic carbocycles. The number of nitrogens with one attached hydrogen (secondary N) is 1. The smallest absolute Gasteiger partial charge is 0.276 e. The maximum absolute atomic E-state index is 12.1. The minimum atomic E-state index is -0.0813. The number of carbonyl (C=O) groups is 1. The first kappa shape index (κ1) is 13.0. The summed E-state index contributed by atoms with van der Waals surface area (Å²) in [5.74, 6) is 0.851. The fourth-order valence-corrected chi connectivity index (χ4v) is 2.39. The van der Waals surface area contributed by atoms with Gasteiger partial charge in [0, 0.05) is 36.8 Å². The molecule has 0 bridgehead atoms. The van der Waals surface area contributed by atoms with Gasteiger partial charge in [-0.05, 0) is 28.1 Å². The van der Waals surface area contributed by atoms with E-state index in [9.17, 15) is 4.79 Å². The molecule has 1 saturated heterocycles. The number of H-pyrrole nitrogens is 1. The van der Waals surface area contributed by atoms with E-state index in [4.69, 9.17) is 0 Å². The van der Waals surface area contributed by atoms with Crippen molar-refractivity contribution in [1.29, 1.82) is 0 Å². The number of amides is 1. The summed E-state index contributed by atoms with van der Waals surface area (Å²) < 4.78 is 0.959. The number of pyridine rings is 1. The Morgan fingerprint density at radius 3 is 2.60 bits per heavy atom. The first-order valence-electron chi connectivity index (χ1n) is 6.25. The van der Waals surface area contributed by atoms with Crippen LogP contribution in [0.2, 0.25) is 0 Å². The van der Waals surface area contributed by atoms with E-state index >= 15 is 0 Å². The average molecular weight is 337 g/mol. The van der Waals surface area contributed by atoms with Gasteiger partial charge in [0.15, 0.2) is 5.69 Å². The molecule has 20 heavy (non-hydrogen) atoms. The quantitative estimate of drug-likeness (QED) is 0.882. The highest BCUT2D eigenvalue weighted by molar-refractivity contribution is 9.10. The minimum Gasteiger partial charge on any atom is -0.353 e. The van der Waals surface area contributed by atoms with Gasteiger partial charge in [0.05, 0.1) is 6.20 Å². The van der Waals surface area contributed by atoms with E-state index in [0.29, 0.717) is 18.8 Å². The van der Waals surface area contributed by atoms with Crippen molar-refractivity contribution in [3.63, 3.8) is 0 Å². The van der Waals surface area contributed by atoms with Crippen LogP contribution < -0.4 is 4.90 Å². The summed E-state index contributed by atoms with van der Waals surface area (Å²) in [6.45, 7) is 2.84. The molecule has 0 atom stereocenters. The number of aromatic amines is 1. The fraction of sp³-hybridized carbons (Fsp3) is 0.333. The largest absolute Gasteiger partial charge is 0.353 e. The molecule has 3 rings (SSSR count). The third-order valence-electron chi connectivity index (χ3n) is 3.24. The minimum absolute atomic E-state index is 0.0813. The zero-order valence-corrected chi connectivity index (χ0v) is 12.2. The van der Waals surface area contributed by atoms with Crippen LogP contribution in [0.15, 0.2) is 29.0 Å². The molecule has 1 amide bonds. The van der Waals surface area contributed by atoms with Gasteiger partial charge in [-0.15, -0.1) is 0 Å². The number of nitrogens with zero attached hydrogens (tertiary/aromatic N) is 5. The molecular weight excluding hydrogens is 324 g/mol. The Labute approximate surface area is 124 Å². The van der Waals surface area contributed by atoms with Gasteiger partial charge in [0.25, 0.3) is 5.91 Å². The van der Waals surface area contributed by atoms with Crippen molar-refractivity contribution in [1.82, 2.24) is 25.3 Å². The van der Waals surface area contributed by atoms with Gasteiger partial charge in [-0.2, -0.15) is 15.4 Å².